The van der Waals surface area contributed by atoms with Crippen molar-refractivity contribution in [2.75, 3.05) is 6.79 Å². The summed E-state index contributed by atoms with van der Waals surface area (Å²) in [6.07, 6.45) is 4.93. The van der Waals surface area contributed by atoms with Crippen molar-refractivity contribution in [2.24, 2.45) is 0 Å². The molecular weight excluding hydrogens is 322 g/mol. The van der Waals surface area contributed by atoms with Crippen LogP contribution in [0.4, 0.5) is 0 Å². The first-order chi connectivity index (χ1) is 12.2. The number of hydrogen-bond donors (Lipinski definition) is 2. The van der Waals surface area contributed by atoms with Crippen LogP contribution in [-0.4, -0.2) is 29.6 Å². The van der Waals surface area contributed by atoms with Crippen LogP contribution in [0.5, 0.6) is 11.5 Å². The smallest absolute Gasteiger partial charge is 0.253 e. The number of fused-ring (bicyclic) bond motifs is 1. The molecule has 2 aromatic rings. The molecule has 1 aromatic heterocycles. The van der Waals surface area contributed by atoms with Crippen LogP contribution < -0.4 is 20.1 Å². The van der Waals surface area contributed by atoms with Gasteiger partial charge in [0.2, 0.25) is 6.79 Å². The third-order valence-corrected chi connectivity index (χ3v) is 4.07. The second-order valence-corrected chi connectivity index (χ2v) is 6.08. The third kappa shape index (κ3) is 3.55. The van der Waals surface area contributed by atoms with Crippen LogP contribution in [0, 0.1) is 0 Å². The highest BCUT2D eigenvalue weighted by atomic mass is 16.7. The number of rotatable bonds is 5. The molecule has 2 aliphatic rings. The molecule has 2 N–H and O–H groups in total. The molecule has 0 spiro atoms. The largest absolute Gasteiger partial charge is 0.454 e. The van der Waals surface area contributed by atoms with Crippen molar-refractivity contribution in [1.82, 2.24) is 15.6 Å². The number of hydrogen-bond acceptors (Lipinski definition) is 5. The molecular formula is C18H17N3O4. The Hall–Kier alpha value is -3.09. The molecule has 0 saturated heterocycles. The second-order valence-electron chi connectivity index (χ2n) is 6.08. The van der Waals surface area contributed by atoms with Crippen molar-refractivity contribution in [3.8, 4) is 11.5 Å². The van der Waals surface area contributed by atoms with Gasteiger partial charge in [-0.25, -0.2) is 0 Å². The maximum absolute atomic E-state index is 12.3. The summed E-state index contributed by atoms with van der Waals surface area (Å²) in [5.74, 6) is 0.896. The first-order valence-corrected chi connectivity index (χ1v) is 8.12. The Bertz CT molecular complexity index is 833. The zero-order valence-corrected chi connectivity index (χ0v) is 13.5. The first kappa shape index (κ1) is 15.4. The molecule has 1 aromatic carbocycles. The molecule has 1 aliphatic carbocycles. The molecule has 0 atom stereocenters. The average Bonchev–Trinajstić information content (AvgIpc) is 3.33. The van der Waals surface area contributed by atoms with Gasteiger partial charge >= 0.3 is 0 Å². The summed E-state index contributed by atoms with van der Waals surface area (Å²) in [6.45, 7) is 0.556. The van der Waals surface area contributed by atoms with Gasteiger partial charge in [-0.3, -0.25) is 14.6 Å². The molecule has 7 heteroatoms. The van der Waals surface area contributed by atoms with E-state index in [1.807, 2.05) is 18.2 Å². The Morgan fingerprint density at radius 3 is 2.60 bits per heavy atom. The Morgan fingerprint density at radius 2 is 1.80 bits per heavy atom. The summed E-state index contributed by atoms with van der Waals surface area (Å²) in [5.41, 5.74) is 1.64. The van der Waals surface area contributed by atoms with E-state index in [0.717, 1.165) is 18.4 Å². The lowest BCUT2D eigenvalue weighted by Gasteiger charge is -2.08. The molecule has 25 heavy (non-hydrogen) atoms. The number of benzene rings is 1. The highest BCUT2D eigenvalue weighted by molar-refractivity contribution is 5.99. The minimum atomic E-state index is -0.286. The molecule has 0 radical (unpaired) electrons. The molecule has 0 bridgehead atoms. The van der Waals surface area contributed by atoms with Crippen LogP contribution >= 0.6 is 0 Å². The van der Waals surface area contributed by atoms with Gasteiger partial charge in [-0.2, -0.15) is 0 Å². The van der Waals surface area contributed by atoms with E-state index in [2.05, 4.69) is 15.6 Å². The lowest BCUT2D eigenvalue weighted by molar-refractivity contribution is 0.0950. The molecule has 1 aliphatic heterocycles. The summed E-state index contributed by atoms with van der Waals surface area (Å²) in [7, 11) is 0. The van der Waals surface area contributed by atoms with Gasteiger partial charge in [-0.05, 0) is 36.6 Å². The van der Waals surface area contributed by atoms with Gasteiger partial charge in [0.1, 0.15) is 0 Å². The van der Waals surface area contributed by atoms with Gasteiger partial charge in [0.05, 0.1) is 11.1 Å². The Labute approximate surface area is 144 Å². The lowest BCUT2D eigenvalue weighted by Crippen LogP contribution is -2.27. The van der Waals surface area contributed by atoms with Gasteiger partial charge in [-0.15, -0.1) is 0 Å². The summed E-state index contributed by atoms with van der Waals surface area (Å²) in [4.78, 5) is 28.4. The third-order valence-electron chi connectivity index (χ3n) is 4.07. The number of nitrogens with one attached hydrogen (secondary N) is 2. The van der Waals surface area contributed by atoms with E-state index in [1.165, 1.54) is 12.4 Å². The van der Waals surface area contributed by atoms with E-state index in [1.54, 1.807) is 6.07 Å². The summed E-state index contributed by atoms with van der Waals surface area (Å²) >= 11 is 0. The van der Waals surface area contributed by atoms with Crippen molar-refractivity contribution < 1.29 is 19.1 Å². The second kappa shape index (κ2) is 6.43. The summed E-state index contributed by atoms with van der Waals surface area (Å²) in [6, 6.07) is 7.33. The molecule has 128 valence electrons. The normalized spacial score (nSPS) is 14.9. The van der Waals surface area contributed by atoms with Gasteiger partial charge in [0.25, 0.3) is 11.8 Å². The van der Waals surface area contributed by atoms with Crippen LogP contribution in [0.1, 0.15) is 39.1 Å². The minimum absolute atomic E-state index is 0.194. The van der Waals surface area contributed by atoms with Crippen LogP contribution in [0.3, 0.4) is 0 Å². The SMILES string of the molecule is O=C(NCc1ccc2c(c1)OCO2)c1cncc(C(=O)NC2CC2)c1. The predicted octanol–water partition coefficient (Wildman–Crippen LogP) is 1.63. The maximum Gasteiger partial charge on any atom is 0.253 e. The fraction of sp³-hybridized carbons (Fsp3) is 0.278. The van der Waals surface area contributed by atoms with Crippen LogP contribution in [0.2, 0.25) is 0 Å². The Balaban J connectivity index is 1.39. The maximum atomic E-state index is 12.3. The molecule has 1 fully saturated rings. The Kier molecular flexibility index (Phi) is 3.97. The number of carbonyl (C=O) groups excluding carboxylic acids is 2. The van der Waals surface area contributed by atoms with E-state index in [-0.39, 0.29) is 24.6 Å². The zero-order chi connectivity index (χ0) is 17.2. The van der Waals surface area contributed by atoms with Crippen molar-refractivity contribution in [3.05, 3.63) is 53.3 Å². The van der Waals surface area contributed by atoms with E-state index < -0.39 is 0 Å². The topological polar surface area (TPSA) is 89.6 Å². The van der Waals surface area contributed by atoms with Crippen molar-refractivity contribution in [1.29, 1.82) is 0 Å². The lowest BCUT2D eigenvalue weighted by atomic mass is 10.1. The van der Waals surface area contributed by atoms with Gasteiger partial charge < -0.3 is 20.1 Å². The molecule has 7 nitrogen and oxygen atoms in total. The number of pyridine rings is 1. The molecule has 0 unspecified atom stereocenters. The standard InChI is InChI=1S/C18H17N3O4/c22-17(20-7-11-1-4-15-16(5-11)25-10-24-15)12-6-13(9-19-8-12)18(23)21-14-2-3-14/h1,4-6,8-9,14H,2-3,7,10H2,(H,20,22)(H,21,23). The van der Waals surface area contributed by atoms with Gasteiger partial charge in [0.15, 0.2) is 11.5 Å². The Morgan fingerprint density at radius 1 is 1.04 bits per heavy atom. The highest BCUT2D eigenvalue weighted by Crippen LogP contribution is 2.32. The van der Waals surface area contributed by atoms with Crippen molar-refractivity contribution >= 4 is 11.8 Å². The van der Waals surface area contributed by atoms with Gasteiger partial charge in [-0.1, -0.05) is 6.07 Å². The van der Waals surface area contributed by atoms with Crippen molar-refractivity contribution in [3.63, 3.8) is 0 Å². The minimum Gasteiger partial charge on any atom is -0.454 e. The van der Waals surface area contributed by atoms with E-state index in [0.29, 0.717) is 29.2 Å². The molecule has 4 rings (SSSR count). The molecule has 2 amide bonds. The highest BCUT2D eigenvalue weighted by Gasteiger charge is 2.24. The number of carbonyl (C=O) groups is 2. The van der Waals surface area contributed by atoms with Crippen LogP contribution in [-0.2, 0) is 6.54 Å². The van der Waals surface area contributed by atoms with E-state index in [4.69, 9.17) is 9.47 Å². The zero-order valence-electron chi connectivity index (χ0n) is 13.5. The number of nitrogens with zero attached hydrogens (tertiary/aromatic N) is 1. The average molecular weight is 339 g/mol. The van der Waals surface area contributed by atoms with Crippen LogP contribution in [0.25, 0.3) is 0 Å². The van der Waals surface area contributed by atoms with Crippen molar-refractivity contribution in [2.45, 2.75) is 25.4 Å². The molecule has 1 saturated carbocycles. The number of amides is 2. The summed E-state index contributed by atoms with van der Waals surface area (Å²) in [5, 5.41) is 5.70. The number of ether oxygens (including phenoxy) is 2. The first-order valence-electron chi connectivity index (χ1n) is 8.12. The number of aromatic nitrogens is 1. The predicted molar refractivity (Wildman–Crippen MR) is 88.5 cm³/mol. The van der Waals surface area contributed by atoms with E-state index in [9.17, 15) is 9.59 Å². The molecule has 2 heterocycles. The summed E-state index contributed by atoms with van der Waals surface area (Å²) < 4.78 is 10.6. The fourth-order valence-corrected chi connectivity index (χ4v) is 2.52. The van der Waals surface area contributed by atoms with Crippen LogP contribution in [0.15, 0.2) is 36.7 Å². The fourth-order valence-electron chi connectivity index (χ4n) is 2.52. The monoisotopic (exact) mass is 339 g/mol. The quantitative estimate of drug-likeness (QED) is 0.864. The van der Waals surface area contributed by atoms with Gasteiger partial charge in [0, 0.05) is 25.0 Å². The van der Waals surface area contributed by atoms with E-state index >= 15 is 0 Å².